The number of carbonyl (C=O) groups excluding carboxylic acids is 10. The van der Waals surface area contributed by atoms with Crippen molar-refractivity contribution in [2.45, 2.75) is 104 Å². The molecule has 0 spiro atoms. The van der Waals surface area contributed by atoms with Crippen LogP contribution in [0.5, 0.6) is 0 Å². The standard InChI is InChI=1S/C57H66F2N8O14/c1-34(62-56(80)81-33-36-14-9-6-10-15-36)46(70)25-37(26-51(75)76)53(77)64-44(28-47(60)71)55(79)63-43(54(78)61-22-11-16-40(69)31-67-48(72)19-20-49(67)73)21-23-66(50(74)32-68)52(57(2,3)4)45-24-38(41-27-39(58)17-18-42(41)59)30-65(45)29-35-12-7-5-8-13-35/h5-10,12-15,17-20,24,27,30,34,37,43-44,52,68H,11,16,21-23,25-26,28-29,31-33H2,1-4H3,(H2,60,71)(H,61,78)(H,62,80)(H,63,79)(H,64,77)(H,75,76)/t34-,37-,43-,44-,52-/m0/s1. The van der Waals surface area contributed by atoms with Gasteiger partial charge in [-0.25, -0.2) is 13.6 Å². The number of halogens is 2. The minimum Gasteiger partial charge on any atom is -0.481 e. The van der Waals surface area contributed by atoms with Crippen molar-refractivity contribution in [3.63, 3.8) is 0 Å². The number of aromatic nitrogens is 1. The summed E-state index contributed by atoms with van der Waals surface area (Å²) < 4.78 is 37.0. The molecular formula is C57H66F2N8O14. The minimum atomic E-state index is -1.91. The lowest BCUT2D eigenvalue weighted by molar-refractivity contribution is -0.143. The number of aliphatic hydroxyl groups is 1. The Morgan fingerprint density at radius 2 is 1.41 bits per heavy atom. The smallest absolute Gasteiger partial charge is 0.408 e. The fourth-order valence-electron chi connectivity index (χ4n) is 8.98. The third-order valence-corrected chi connectivity index (χ3v) is 13.0. The number of aliphatic hydroxyl groups excluding tert-OH is 1. The Morgan fingerprint density at radius 3 is 2.01 bits per heavy atom. The molecule has 0 radical (unpaired) electrons. The molecule has 0 aliphatic carbocycles. The quantitative estimate of drug-likeness (QED) is 0.0291. The molecule has 24 heteroatoms. The van der Waals surface area contributed by atoms with E-state index in [0.29, 0.717) is 11.3 Å². The zero-order valence-electron chi connectivity index (χ0n) is 45.2. The molecule has 1 aromatic heterocycles. The van der Waals surface area contributed by atoms with Gasteiger partial charge in [0, 0.05) is 67.6 Å². The van der Waals surface area contributed by atoms with Crippen LogP contribution in [0.15, 0.2) is 103 Å². The van der Waals surface area contributed by atoms with Crippen LogP contribution in [0.2, 0.25) is 0 Å². The number of amides is 8. The normalized spacial score (nSPS) is 14.0. The van der Waals surface area contributed by atoms with Crippen molar-refractivity contribution in [2.24, 2.45) is 17.1 Å². The second-order valence-corrected chi connectivity index (χ2v) is 20.4. The van der Waals surface area contributed by atoms with Crippen LogP contribution in [0.4, 0.5) is 13.6 Å². The number of imide groups is 1. The molecule has 22 nitrogen and oxygen atoms in total. The maximum absolute atomic E-state index is 15.4. The zero-order chi connectivity index (χ0) is 59.6. The van der Waals surface area contributed by atoms with Crippen LogP contribution < -0.4 is 27.0 Å². The van der Waals surface area contributed by atoms with Crippen molar-refractivity contribution >= 4 is 65.0 Å². The molecule has 8 amide bonds. The molecule has 0 unspecified atom stereocenters. The Bertz CT molecular complexity index is 2980. The number of alkyl carbamates (subject to hydrolysis) is 1. The highest BCUT2D eigenvalue weighted by Crippen LogP contribution is 2.41. The van der Waals surface area contributed by atoms with Crippen LogP contribution in [-0.4, -0.2) is 134 Å². The summed E-state index contributed by atoms with van der Waals surface area (Å²) in [5.74, 6) is -12.7. The number of nitrogens with zero attached hydrogens (tertiary/aromatic N) is 3. The molecule has 1 aliphatic rings. The molecule has 432 valence electrons. The van der Waals surface area contributed by atoms with E-state index >= 15 is 4.39 Å². The summed E-state index contributed by atoms with van der Waals surface area (Å²) in [6.45, 7) is 4.40. The van der Waals surface area contributed by atoms with Crippen molar-refractivity contribution < 1.29 is 76.5 Å². The van der Waals surface area contributed by atoms with Crippen molar-refractivity contribution in [1.82, 2.24) is 35.6 Å². The molecule has 0 bridgehead atoms. The van der Waals surface area contributed by atoms with E-state index in [1.807, 2.05) is 12.1 Å². The van der Waals surface area contributed by atoms with Crippen molar-refractivity contribution in [2.75, 3.05) is 26.2 Å². The number of carboxylic acids is 1. The molecule has 2 heterocycles. The number of hydrogen-bond acceptors (Lipinski definition) is 13. The van der Waals surface area contributed by atoms with Crippen LogP contribution in [0.1, 0.15) is 89.1 Å². The van der Waals surface area contributed by atoms with Crippen molar-refractivity contribution in [3.8, 4) is 11.1 Å². The number of carbonyl (C=O) groups is 11. The van der Waals surface area contributed by atoms with E-state index in [-0.39, 0.29) is 43.7 Å². The van der Waals surface area contributed by atoms with E-state index in [9.17, 15) is 67.3 Å². The first-order valence-electron chi connectivity index (χ1n) is 25.9. The number of rotatable bonds is 30. The van der Waals surface area contributed by atoms with Crippen LogP contribution in [0, 0.1) is 23.0 Å². The molecule has 4 aromatic rings. The summed E-state index contributed by atoms with van der Waals surface area (Å²) in [5, 5.41) is 29.9. The lowest BCUT2D eigenvalue weighted by atomic mass is 9.82. The Labute approximate surface area is 465 Å². The van der Waals surface area contributed by atoms with Gasteiger partial charge in [0.15, 0.2) is 11.6 Å². The number of aliphatic carboxylic acids is 1. The number of hydrogen-bond donors (Lipinski definition) is 7. The number of ether oxygens (including phenoxy) is 1. The zero-order valence-corrected chi connectivity index (χ0v) is 45.2. The van der Waals surface area contributed by atoms with Crippen molar-refractivity contribution in [1.29, 1.82) is 0 Å². The fraction of sp³-hybridized carbons (Fsp3) is 0.386. The Balaban J connectivity index is 1.43. The van der Waals surface area contributed by atoms with Gasteiger partial charge in [-0.05, 0) is 60.6 Å². The first-order valence-corrected chi connectivity index (χ1v) is 25.9. The molecule has 5 rings (SSSR count). The van der Waals surface area contributed by atoms with Gasteiger partial charge in [-0.2, -0.15) is 0 Å². The number of carboxylic acid groups (broad SMARTS) is 1. The maximum Gasteiger partial charge on any atom is 0.408 e. The lowest BCUT2D eigenvalue weighted by Gasteiger charge is -2.41. The van der Waals surface area contributed by atoms with Crippen LogP contribution >= 0.6 is 0 Å². The molecule has 81 heavy (non-hydrogen) atoms. The highest BCUT2D eigenvalue weighted by molar-refractivity contribution is 6.14. The van der Waals surface area contributed by atoms with Gasteiger partial charge in [-0.3, -0.25) is 52.8 Å². The Morgan fingerprint density at radius 1 is 0.778 bits per heavy atom. The molecule has 0 saturated carbocycles. The van der Waals surface area contributed by atoms with Crippen LogP contribution in [0.3, 0.4) is 0 Å². The van der Waals surface area contributed by atoms with Gasteiger partial charge in [0.2, 0.25) is 29.5 Å². The first-order chi connectivity index (χ1) is 38.3. The van der Waals surface area contributed by atoms with Crippen LogP contribution in [-0.2, 0) is 65.8 Å². The molecule has 8 N–H and O–H groups in total. The Kier molecular flexibility index (Phi) is 22.8. The van der Waals surface area contributed by atoms with E-state index in [2.05, 4.69) is 21.3 Å². The number of nitrogens with two attached hydrogens (primary N) is 1. The number of ketones is 2. The van der Waals surface area contributed by atoms with E-state index in [0.717, 1.165) is 40.8 Å². The van der Waals surface area contributed by atoms with Crippen molar-refractivity contribution in [3.05, 3.63) is 132 Å². The predicted molar refractivity (Wildman–Crippen MR) is 286 cm³/mol. The van der Waals surface area contributed by atoms with Gasteiger partial charge in [0.1, 0.15) is 36.9 Å². The Hall–Kier alpha value is -8.93. The van der Waals surface area contributed by atoms with E-state index in [1.54, 1.807) is 86.1 Å². The number of benzene rings is 3. The second kappa shape index (κ2) is 29.3. The summed E-state index contributed by atoms with van der Waals surface area (Å²) in [4.78, 5) is 146. The third-order valence-electron chi connectivity index (χ3n) is 13.0. The maximum atomic E-state index is 15.4. The SMILES string of the molecule is C[C@H](NC(=O)OCc1ccccc1)C(=O)C[C@@H](CC(=O)O)C(=O)N[C@@H](CC(N)=O)C(=O)N[C@@H](CCN(C(=O)CO)[C@@H](c1cc(-c2cc(F)ccc2F)cn1Cc1ccccc1)C(C)(C)C)C(=O)NCCCC(=O)CN1C(=O)C=CC1=O. The third kappa shape index (κ3) is 18.9. The van der Waals surface area contributed by atoms with Gasteiger partial charge in [-0.15, -0.1) is 0 Å². The summed E-state index contributed by atoms with van der Waals surface area (Å²) in [5.41, 5.74) is 6.55. The predicted octanol–water partition coefficient (Wildman–Crippen LogP) is 3.38. The second-order valence-electron chi connectivity index (χ2n) is 20.4. The van der Waals surface area contributed by atoms with Crippen LogP contribution in [0.25, 0.3) is 11.1 Å². The average Bonchev–Trinajstić information content (AvgIpc) is 4.17. The fourth-order valence-corrected chi connectivity index (χ4v) is 8.98. The summed E-state index contributed by atoms with van der Waals surface area (Å²) in [6, 6.07) is 16.3. The number of nitrogens with one attached hydrogen (secondary N) is 4. The molecule has 3 aromatic carbocycles. The first kappa shape index (κ1) is 62.9. The highest BCUT2D eigenvalue weighted by atomic mass is 19.1. The summed E-state index contributed by atoms with van der Waals surface area (Å²) >= 11 is 0. The van der Waals surface area contributed by atoms with Gasteiger partial charge in [-0.1, -0.05) is 81.4 Å². The topological polar surface area (TPSA) is 323 Å². The molecular weight excluding hydrogens is 1060 g/mol. The van der Waals surface area contributed by atoms with Gasteiger partial charge < -0.3 is 51.4 Å². The summed E-state index contributed by atoms with van der Waals surface area (Å²) in [6.07, 6.45) is -0.740. The van der Waals surface area contributed by atoms with E-state index < -0.39 is 157 Å². The molecule has 5 atom stereocenters. The van der Waals surface area contributed by atoms with E-state index in [1.165, 1.54) is 11.8 Å². The van der Waals surface area contributed by atoms with Gasteiger partial charge in [0.05, 0.1) is 37.4 Å². The number of Topliss-reactive ketones (excluding diaryl/α,β-unsaturated/α-hetero) is 2. The summed E-state index contributed by atoms with van der Waals surface area (Å²) in [7, 11) is 0. The molecule has 0 fully saturated rings. The molecule has 0 saturated heterocycles. The van der Waals surface area contributed by atoms with Gasteiger partial charge >= 0.3 is 12.1 Å². The average molecular weight is 1130 g/mol. The molecule has 1 aliphatic heterocycles. The highest BCUT2D eigenvalue weighted by Gasteiger charge is 2.39. The largest absolute Gasteiger partial charge is 0.481 e. The lowest BCUT2D eigenvalue weighted by Crippen LogP contribution is -2.56. The monoisotopic (exact) mass is 1120 g/mol. The van der Waals surface area contributed by atoms with Gasteiger partial charge in [0.25, 0.3) is 11.8 Å². The van der Waals surface area contributed by atoms with E-state index in [4.69, 9.17) is 10.5 Å². The minimum absolute atomic E-state index is 0.0319. The number of primary amides is 1.